The number of likely N-dealkylation sites (tertiary alicyclic amines) is 2. The molecule has 0 aliphatic carbocycles. The van der Waals surface area contributed by atoms with E-state index >= 15 is 0 Å². The van der Waals surface area contributed by atoms with Crippen molar-refractivity contribution in [2.24, 2.45) is 11.3 Å². The summed E-state index contributed by atoms with van der Waals surface area (Å²) in [6.07, 6.45) is 5.77. The Hall–Kier alpha value is -2.18. The molecule has 2 fully saturated rings. The van der Waals surface area contributed by atoms with Gasteiger partial charge < -0.3 is 14.5 Å². The number of amides is 1. The monoisotopic (exact) mass is 410 g/mol. The molecule has 2 saturated heterocycles. The van der Waals surface area contributed by atoms with Crippen LogP contribution in [0.5, 0.6) is 0 Å². The zero-order valence-electron chi connectivity index (χ0n) is 18.3. The molecule has 6 heteroatoms. The zero-order chi connectivity index (χ0) is 21.0. The minimum atomic E-state index is 0.129. The average Bonchev–Trinajstić information content (AvgIpc) is 3.45. The number of benzene rings is 1. The number of rotatable bonds is 9. The SMILES string of the molecule is CCOCCN1C[C@H]2CN(C(=O)c3cnn(CC)c3)C[C@@]2(CCc2ccccc2)C1. The van der Waals surface area contributed by atoms with Crippen LogP contribution in [0.3, 0.4) is 0 Å². The number of hydrogen-bond donors (Lipinski definition) is 0. The molecule has 0 saturated carbocycles. The molecule has 30 heavy (non-hydrogen) atoms. The molecule has 4 rings (SSSR count). The summed E-state index contributed by atoms with van der Waals surface area (Å²) in [6.45, 7) is 11.2. The van der Waals surface area contributed by atoms with Gasteiger partial charge in [0.25, 0.3) is 5.91 Å². The smallest absolute Gasteiger partial charge is 0.257 e. The van der Waals surface area contributed by atoms with Crippen molar-refractivity contribution in [3.63, 3.8) is 0 Å². The van der Waals surface area contributed by atoms with E-state index in [-0.39, 0.29) is 11.3 Å². The lowest BCUT2D eigenvalue weighted by molar-refractivity contribution is 0.0743. The van der Waals surface area contributed by atoms with Crippen molar-refractivity contribution < 1.29 is 9.53 Å². The Morgan fingerprint density at radius 2 is 2.03 bits per heavy atom. The van der Waals surface area contributed by atoms with Gasteiger partial charge in [0, 0.05) is 57.5 Å². The number of fused-ring (bicyclic) bond motifs is 1. The molecule has 162 valence electrons. The van der Waals surface area contributed by atoms with Gasteiger partial charge in [0.05, 0.1) is 18.4 Å². The summed E-state index contributed by atoms with van der Waals surface area (Å²) in [5.74, 6) is 0.650. The van der Waals surface area contributed by atoms with Gasteiger partial charge in [0.15, 0.2) is 0 Å². The Kier molecular flexibility index (Phi) is 6.54. The van der Waals surface area contributed by atoms with Crippen LogP contribution in [-0.4, -0.2) is 71.4 Å². The normalized spacial score (nSPS) is 23.8. The first-order chi connectivity index (χ1) is 14.6. The Balaban J connectivity index is 1.46. The number of carbonyl (C=O) groups is 1. The molecule has 1 aromatic carbocycles. The van der Waals surface area contributed by atoms with Gasteiger partial charge in [-0.25, -0.2) is 0 Å². The van der Waals surface area contributed by atoms with Crippen molar-refractivity contribution in [1.82, 2.24) is 19.6 Å². The number of hydrogen-bond acceptors (Lipinski definition) is 4. The van der Waals surface area contributed by atoms with E-state index in [4.69, 9.17) is 4.74 Å². The summed E-state index contributed by atoms with van der Waals surface area (Å²) < 4.78 is 7.42. The highest BCUT2D eigenvalue weighted by molar-refractivity contribution is 5.94. The van der Waals surface area contributed by atoms with Crippen LogP contribution in [0.25, 0.3) is 0 Å². The standard InChI is InChI=1S/C24H34N4O2/c1-3-28-15-21(14-25-28)23(29)27-17-22-16-26(12-13-30-4-2)18-24(22,19-27)11-10-20-8-6-5-7-9-20/h5-9,14-15,22H,3-4,10-13,16-19H2,1-2H3/t22-,24+/m0/s1. The molecule has 0 radical (unpaired) electrons. The van der Waals surface area contributed by atoms with Gasteiger partial charge in [0.1, 0.15) is 0 Å². The second kappa shape index (κ2) is 9.31. The van der Waals surface area contributed by atoms with E-state index in [9.17, 15) is 4.79 Å². The molecule has 6 nitrogen and oxygen atoms in total. The Bertz CT molecular complexity index is 837. The topological polar surface area (TPSA) is 50.6 Å². The summed E-state index contributed by atoms with van der Waals surface area (Å²) in [6, 6.07) is 10.7. The van der Waals surface area contributed by atoms with Gasteiger partial charge in [-0.3, -0.25) is 9.48 Å². The maximum absolute atomic E-state index is 13.2. The molecule has 0 unspecified atom stereocenters. The van der Waals surface area contributed by atoms with E-state index < -0.39 is 0 Å². The quantitative estimate of drug-likeness (QED) is 0.597. The van der Waals surface area contributed by atoms with Crippen molar-refractivity contribution in [2.75, 3.05) is 45.9 Å². The van der Waals surface area contributed by atoms with Gasteiger partial charge in [-0.1, -0.05) is 30.3 Å². The van der Waals surface area contributed by atoms with Gasteiger partial charge in [-0.15, -0.1) is 0 Å². The van der Waals surface area contributed by atoms with E-state index in [1.54, 1.807) is 6.20 Å². The number of aryl methyl sites for hydroxylation is 2. The van der Waals surface area contributed by atoms with Crippen LogP contribution in [0, 0.1) is 11.3 Å². The van der Waals surface area contributed by atoms with E-state index in [2.05, 4.69) is 45.2 Å². The van der Waals surface area contributed by atoms with Crippen molar-refractivity contribution >= 4 is 5.91 Å². The van der Waals surface area contributed by atoms with Crippen LogP contribution in [0.15, 0.2) is 42.7 Å². The summed E-state index contributed by atoms with van der Waals surface area (Å²) in [5.41, 5.74) is 2.26. The highest BCUT2D eigenvalue weighted by atomic mass is 16.5. The lowest BCUT2D eigenvalue weighted by Gasteiger charge is -2.29. The number of nitrogens with zero attached hydrogens (tertiary/aromatic N) is 4. The Labute approximate surface area is 179 Å². The van der Waals surface area contributed by atoms with Crippen LogP contribution >= 0.6 is 0 Å². The van der Waals surface area contributed by atoms with Gasteiger partial charge in [-0.05, 0) is 38.2 Å². The molecule has 1 aromatic heterocycles. The third kappa shape index (κ3) is 4.44. The van der Waals surface area contributed by atoms with Crippen LogP contribution in [0.1, 0.15) is 36.2 Å². The highest BCUT2D eigenvalue weighted by Gasteiger charge is 2.52. The fourth-order valence-electron chi connectivity index (χ4n) is 5.18. The fourth-order valence-corrected chi connectivity index (χ4v) is 5.18. The number of carbonyl (C=O) groups excluding carboxylic acids is 1. The van der Waals surface area contributed by atoms with Crippen LogP contribution in [0.4, 0.5) is 0 Å². The van der Waals surface area contributed by atoms with Crippen molar-refractivity contribution in [3.8, 4) is 0 Å². The highest BCUT2D eigenvalue weighted by Crippen LogP contribution is 2.46. The maximum Gasteiger partial charge on any atom is 0.257 e. The van der Waals surface area contributed by atoms with Gasteiger partial charge >= 0.3 is 0 Å². The molecule has 0 spiro atoms. The summed E-state index contributed by atoms with van der Waals surface area (Å²) >= 11 is 0. The van der Waals surface area contributed by atoms with Crippen molar-refractivity contribution in [1.29, 1.82) is 0 Å². The second-order valence-corrected chi connectivity index (χ2v) is 8.75. The second-order valence-electron chi connectivity index (χ2n) is 8.75. The molecule has 2 atom stereocenters. The predicted octanol–water partition coefficient (Wildman–Crippen LogP) is 2.95. The van der Waals surface area contributed by atoms with Crippen LogP contribution in [0.2, 0.25) is 0 Å². The molecule has 1 amide bonds. The number of ether oxygens (including phenoxy) is 1. The van der Waals surface area contributed by atoms with E-state index in [1.807, 2.05) is 24.7 Å². The summed E-state index contributed by atoms with van der Waals surface area (Å²) in [7, 11) is 0. The minimum absolute atomic E-state index is 0.129. The zero-order valence-corrected chi connectivity index (χ0v) is 18.3. The molecule has 0 bridgehead atoms. The Morgan fingerprint density at radius 3 is 2.77 bits per heavy atom. The Morgan fingerprint density at radius 1 is 1.20 bits per heavy atom. The fraction of sp³-hybridized carbons (Fsp3) is 0.583. The van der Waals surface area contributed by atoms with E-state index in [0.29, 0.717) is 11.5 Å². The molecule has 2 aromatic rings. The first kappa shape index (κ1) is 21.1. The molecule has 2 aliphatic rings. The summed E-state index contributed by atoms with van der Waals surface area (Å²) in [4.78, 5) is 17.8. The van der Waals surface area contributed by atoms with E-state index in [1.165, 1.54) is 5.56 Å². The van der Waals surface area contributed by atoms with Crippen molar-refractivity contribution in [2.45, 2.75) is 33.2 Å². The molecular weight excluding hydrogens is 376 g/mol. The first-order valence-electron chi connectivity index (χ1n) is 11.3. The number of aromatic nitrogens is 2. The lowest BCUT2D eigenvalue weighted by Crippen LogP contribution is -2.38. The molecular formula is C24H34N4O2. The van der Waals surface area contributed by atoms with Crippen LogP contribution in [-0.2, 0) is 17.7 Å². The van der Waals surface area contributed by atoms with Crippen molar-refractivity contribution in [3.05, 3.63) is 53.9 Å². The van der Waals surface area contributed by atoms with E-state index in [0.717, 1.165) is 65.3 Å². The van der Waals surface area contributed by atoms with Gasteiger partial charge in [-0.2, -0.15) is 5.10 Å². The molecule has 0 N–H and O–H groups in total. The van der Waals surface area contributed by atoms with Crippen LogP contribution < -0.4 is 0 Å². The first-order valence-corrected chi connectivity index (χ1v) is 11.3. The predicted molar refractivity (Wildman–Crippen MR) is 117 cm³/mol. The maximum atomic E-state index is 13.2. The minimum Gasteiger partial charge on any atom is -0.380 e. The molecule has 3 heterocycles. The third-order valence-electron chi connectivity index (χ3n) is 6.83. The lowest BCUT2D eigenvalue weighted by atomic mass is 9.76. The van der Waals surface area contributed by atoms with Gasteiger partial charge in [0.2, 0.25) is 0 Å². The summed E-state index contributed by atoms with van der Waals surface area (Å²) in [5, 5.41) is 4.29. The third-order valence-corrected chi connectivity index (χ3v) is 6.83. The molecule has 2 aliphatic heterocycles. The largest absolute Gasteiger partial charge is 0.380 e. The average molecular weight is 411 g/mol.